The van der Waals surface area contributed by atoms with Crippen LogP contribution in [0.1, 0.15) is 20.7 Å². The van der Waals surface area contributed by atoms with Gasteiger partial charge in [0.15, 0.2) is 5.96 Å². The van der Waals surface area contributed by atoms with E-state index in [0.29, 0.717) is 11.1 Å². The van der Waals surface area contributed by atoms with Crippen molar-refractivity contribution in [1.29, 1.82) is 0 Å². The maximum Gasteiger partial charge on any atom is 0.258 e. The number of benzene rings is 3. The van der Waals surface area contributed by atoms with Gasteiger partial charge in [-0.15, -0.1) is 12.4 Å². The highest BCUT2D eigenvalue weighted by atomic mass is 35.5. The van der Waals surface area contributed by atoms with Crippen molar-refractivity contribution in [3.05, 3.63) is 71.8 Å². The van der Waals surface area contributed by atoms with Crippen LogP contribution in [0.4, 0.5) is 11.4 Å². The van der Waals surface area contributed by atoms with Gasteiger partial charge in [0, 0.05) is 36.1 Å². The molecule has 4 rings (SSSR count). The van der Waals surface area contributed by atoms with Crippen LogP contribution in [0.15, 0.2) is 65.7 Å². The van der Waals surface area contributed by atoms with Gasteiger partial charge < -0.3 is 21.3 Å². The molecule has 0 aromatic heterocycles. The quantitative estimate of drug-likeness (QED) is 0.600. The Kier molecular flexibility index (Phi) is 6.23. The standard InChI is InChI=1S/C22H21N5O2.ClH/c1-27(19-9-6-15-12-17(20(23)28)3-2-16(15)13-19)21(29)14-4-7-18(8-5-14)26-22-24-10-11-25-22;/h2-9,12-13H,10-11H2,1H3,(H2,23,28)(H2,24,25,26);1H. The fourth-order valence-corrected chi connectivity index (χ4v) is 3.22. The highest BCUT2D eigenvalue weighted by molar-refractivity contribution is 6.07. The van der Waals surface area contributed by atoms with Gasteiger partial charge in [-0.2, -0.15) is 0 Å². The summed E-state index contributed by atoms with van der Waals surface area (Å²) in [4.78, 5) is 30.1. The molecule has 4 N–H and O–H groups in total. The summed E-state index contributed by atoms with van der Waals surface area (Å²) in [6, 6.07) is 18.2. The number of amides is 2. The molecule has 0 saturated heterocycles. The van der Waals surface area contributed by atoms with Crippen molar-refractivity contribution in [3.8, 4) is 0 Å². The van der Waals surface area contributed by atoms with Crippen LogP contribution in [0.25, 0.3) is 10.8 Å². The van der Waals surface area contributed by atoms with E-state index in [1.54, 1.807) is 36.2 Å². The zero-order valence-corrected chi connectivity index (χ0v) is 17.2. The Bertz CT molecular complexity index is 1130. The summed E-state index contributed by atoms with van der Waals surface area (Å²) in [5.41, 5.74) is 8.02. The number of carbonyl (C=O) groups is 2. The van der Waals surface area contributed by atoms with Gasteiger partial charge in [-0.1, -0.05) is 12.1 Å². The third kappa shape index (κ3) is 4.36. The topological polar surface area (TPSA) is 99.8 Å². The maximum absolute atomic E-state index is 12.9. The van der Waals surface area contributed by atoms with Gasteiger partial charge in [-0.3, -0.25) is 14.6 Å². The third-order valence-electron chi connectivity index (χ3n) is 4.87. The predicted octanol–water partition coefficient (Wildman–Crippen LogP) is 3.01. The summed E-state index contributed by atoms with van der Waals surface area (Å²) >= 11 is 0. The number of anilines is 2. The van der Waals surface area contributed by atoms with E-state index in [0.717, 1.165) is 41.2 Å². The second-order valence-electron chi connectivity index (χ2n) is 6.83. The van der Waals surface area contributed by atoms with E-state index in [1.807, 2.05) is 36.4 Å². The van der Waals surface area contributed by atoms with Gasteiger partial charge in [0.25, 0.3) is 5.91 Å². The summed E-state index contributed by atoms with van der Waals surface area (Å²) in [5, 5.41) is 8.15. The Hall–Kier alpha value is -3.58. The minimum atomic E-state index is -0.461. The summed E-state index contributed by atoms with van der Waals surface area (Å²) in [6.07, 6.45) is 0. The molecule has 30 heavy (non-hydrogen) atoms. The molecule has 0 saturated carbocycles. The van der Waals surface area contributed by atoms with Crippen molar-refractivity contribution >= 4 is 52.3 Å². The zero-order chi connectivity index (χ0) is 20.4. The Labute approximate surface area is 180 Å². The Morgan fingerprint density at radius 1 is 1.00 bits per heavy atom. The molecule has 3 aromatic carbocycles. The van der Waals surface area contributed by atoms with Crippen molar-refractivity contribution < 1.29 is 9.59 Å². The number of halogens is 1. The number of nitrogens with zero attached hydrogens (tertiary/aromatic N) is 2. The van der Waals surface area contributed by atoms with Gasteiger partial charge in [0.05, 0.1) is 6.54 Å². The average molecular weight is 424 g/mol. The summed E-state index contributed by atoms with van der Waals surface area (Å²) in [6.45, 7) is 1.60. The molecule has 3 aromatic rings. The van der Waals surface area contributed by atoms with Crippen LogP contribution in [-0.4, -0.2) is 37.9 Å². The molecular weight excluding hydrogens is 402 g/mol. The van der Waals surface area contributed by atoms with Crippen molar-refractivity contribution in [2.24, 2.45) is 10.7 Å². The van der Waals surface area contributed by atoms with Gasteiger partial charge >= 0.3 is 0 Å². The number of fused-ring (bicyclic) bond motifs is 1. The number of hydrogen-bond donors (Lipinski definition) is 3. The van der Waals surface area contributed by atoms with E-state index in [2.05, 4.69) is 15.6 Å². The lowest BCUT2D eigenvalue weighted by atomic mass is 10.1. The molecule has 0 fully saturated rings. The second kappa shape index (κ2) is 8.84. The Morgan fingerprint density at radius 3 is 2.33 bits per heavy atom. The summed E-state index contributed by atoms with van der Waals surface area (Å²) < 4.78 is 0. The first kappa shape index (κ1) is 21.1. The molecule has 0 spiro atoms. The van der Waals surface area contributed by atoms with Crippen LogP contribution < -0.4 is 21.3 Å². The van der Waals surface area contributed by atoms with E-state index in [9.17, 15) is 9.59 Å². The largest absolute Gasteiger partial charge is 0.366 e. The van der Waals surface area contributed by atoms with Crippen LogP contribution >= 0.6 is 12.4 Å². The van der Waals surface area contributed by atoms with Gasteiger partial charge in [-0.05, 0) is 59.3 Å². The lowest BCUT2D eigenvalue weighted by Gasteiger charge is -2.18. The van der Waals surface area contributed by atoms with Crippen molar-refractivity contribution in [3.63, 3.8) is 0 Å². The number of aliphatic imine (C=N–C) groups is 1. The lowest BCUT2D eigenvalue weighted by molar-refractivity contribution is 0.0988. The monoisotopic (exact) mass is 423 g/mol. The minimum Gasteiger partial charge on any atom is -0.366 e. The molecule has 0 aliphatic carbocycles. The summed E-state index contributed by atoms with van der Waals surface area (Å²) in [5.74, 6) is 0.176. The van der Waals surface area contributed by atoms with E-state index in [1.165, 1.54) is 0 Å². The molecule has 7 nitrogen and oxygen atoms in total. The van der Waals surface area contributed by atoms with Crippen LogP contribution in [0.5, 0.6) is 0 Å². The molecule has 1 heterocycles. The Balaban J connectivity index is 0.00000256. The van der Waals surface area contributed by atoms with E-state index >= 15 is 0 Å². The zero-order valence-electron chi connectivity index (χ0n) is 16.4. The van der Waals surface area contributed by atoms with Crippen LogP contribution in [0.3, 0.4) is 0 Å². The van der Waals surface area contributed by atoms with Gasteiger partial charge in [0.2, 0.25) is 5.91 Å². The number of primary amides is 1. The maximum atomic E-state index is 12.9. The molecule has 0 bridgehead atoms. The summed E-state index contributed by atoms with van der Waals surface area (Å²) in [7, 11) is 1.74. The number of nitrogens with two attached hydrogens (primary N) is 1. The molecule has 1 aliphatic rings. The number of guanidine groups is 1. The van der Waals surface area contributed by atoms with Crippen molar-refractivity contribution in [2.75, 3.05) is 30.4 Å². The molecule has 1 aliphatic heterocycles. The first-order chi connectivity index (χ1) is 14.0. The number of hydrogen-bond acceptors (Lipinski definition) is 5. The number of carbonyl (C=O) groups excluding carboxylic acids is 2. The highest BCUT2D eigenvalue weighted by Crippen LogP contribution is 2.24. The van der Waals surface area contributed by atoms with Gasteiger partial charge in [0.1, 0.15) is 0 Å². The average Bonchev–Trinajstić information content (AvgIpc) is 3.25. The number of rotatable bonds is 4. The minimum absolute atomic E-state index is 0. The molecule has 0 unspecified atom stereocenters. The van der Waals surface area contributed by atoms with Crippen LogP contribution in [-0.2, 0) is 0 Å². The van der Waals surface area contributed by atoms with E-state index in [4.69, 9.17) is 5.73 Å². The van der Waals surface area contributed by atoms with Crippen molar-refractivity contribution in [1.82, 2.24) is 5.32 Å². The second-order valence-corrected chi connectivity index (χ2v) is 6.83. The Morgan fingerprint density at radius 2 is 1.67 bits per heavy atom. The molecule has 0 radical (unpaired) electrons. The molecule has 2 amide bonds. The predicted molar refractivity (Wildman–Crippen MR) is 123 cm³/mol. The smallest absolute Gasteiger partial charge is 0.258 e. The van der Waals surface area contributed by atoms with Crippen molar-refractivity contribution in [2.45, 2.75) is 0 Å². The first-order valence-electron chi connectivity index (χ1n) is 9.28. The fraction of sp³-hybridized carbons (Fsp3) is 0.136. The molecular formula is C22H22ClN5O2. The third-order valence-corrected chi connectivity index (χ3v) is 4.87. The fourth-order valence-electron chi connectivity index (χ4n) is 3.22. The molecule has 8 heteroatoms. The highest BCUT2D eigenvalue weighted by Gasteiger charge is 2.14. The van der Waals surface area contributed by atoms with Crippen LogP contribution in [0.2, 0.25) is 0 Å². The van der Waals surface area contributed by atoms with Gasteiger partial charge in [-0.25, -0.2) is 0 Å². The van der Waals surface area contributed by atoms with Crippen LogP contribution in [0, 0.1) is 0 Å². The lowest BCUT2D eigenvalue weighted by Crippen LogP contribution is -2.27. The van der Waals surface area contributed by atoms with E-state index < -0.39 is 5.91 Å². The SMILES string of the molecule is CN(C(=O)c1ccc(NC2=NCCN2)cc1)c1ccc2cc(C(N)=O)ccc2c1.Cl. The van der Waals surface area contributed by atoms with E-state index in [-0.39, 0.29) is 18.3 Å². The molecule has 0 atom stereocenters. The number of nitrogens with one attached hydrogen (secondary N) is 2. The molecule has 154 valence electrons. The first-order valence-corrected chi connectivity index (χ1v) is 9.28. The normalized spacial score (nSPS) is 12.5.